The normalized spacial score (nSPS) is 12.4. The summed E-state index contributed by atoms with van der Waals surface area (Å²) in [5.74, 6) is 0.943. The highest BCUT2D eigenvalue weighted by Crippen LogP contribution is 2.23. The highest BCUT2D eigenvalue weighted by molar-refractivity contribution is 5.35. The van der Waals surface area contributed by atoms with Gasteiger partial charge in [-0.2, -0.15) is 0 Å². The number of rotatable bonds is 8. The first-order valence-corrected chi connectivity index (χ1v) is 6.73. The van der Waals surface area contributed by atoms with Crippen molar-refractivity contribution in [1.82, 2.24) is 0 Å². The van der Waals surface area contributed by atoms with E-state index in [1.807, 2.05) is 31.2 Å². The Balaban J connectivity index is 2.31. The van der Waals surface area contributed by atoms with Crippen LogP contribution in [0.15, 0.2) is 24.3 Å². The van der Waals surface area contributed by atoms with Crippen molar-refractivity contribution < 1.29 is 4.74 Å². The average Bonchev–Trinajstić information content (AvgIpc) is 2.34. The minimum absolute atomic E-state index is 0.0336. The van der Waals surface area contributed by atoms with Crippen LogP contribution in [0, 0.1) is 0 Å². The smallest absolute Gasteiger partial charge is 0.124 e. The summed E-state index contributed by atoms with van der Waals surface area (Å²) in [6, 6.07) is 8.08. The van der Waals surface area contributed by atoms with Gasteiger partial charge in [-0.25, -0.2) is 0 Å². The molecule has 0 unspecified atom stereocenters. The van der Waals surface area contributed by atoms with Gasteiger partial charge in [-0.05, 0) is 19.4 Å². The topological polar surface area (TPSA) is 35.2 Å². The van der Waals surface area contributed by atoms with E-state index in [1.165, 1.54) is 25.7 Å². The summed E-state index contributed by atoms with van der Waals surface area (Å²) in [5.41, 5.74) is 7.00. The second-order valence-electron chi connectivity index (χ2n) is 4.59. The molecule has 0 radical (unpaired) electrons. The molecule has 0 aliphatic heterocycles. The van der Waals surface area contributed by atoms with Crippen LogP contribution in [0.5, 0.6) is 5.75 Å². The standard InChI is InChI=1S/C15H25NO/c1-3-4-5-6-9-12-17-15-11-8-7-10-14(15)13(2)16/h7-8,10-11,13H,3-6,9,12,16H2,1-2H3/t13-/m0/s1. The summed E-state index contributed by atoms with van der Waals surface area (Å²) in [4.78, 5) is 0. The van der Waals surface area contributed by atoms with Crippen LogP contribution in [0.1, 0.15) is 57.6 Å². The van der Waals surface area contributed by atoms with Gasteiger partial charge in [-0.1, -0.05) is 50.8 Å². The molecule has 17 heavy (non-hydrogen) atoms. The number of nitrogens with two attached hydrogens (primary N) is 1. The fourth-order valence-corrected chi connectivity index (χ4v) is 1.88. The largest absolute Gasteiger partial charge is 0.493 e. The fourth-order valence-electron chi connectivity index (χ4n) is 1.88. The summed E-state index contributed by atoms with van der Waals surface area (Å²) in [7, 11) is 0. The van der Waals surface area contributed by atoms with Gasteiger partial charge in [0.2, 0.25) is 0 Å². The Labute approximate surface area is 105 Å². The molecule has 0 amide bonds. The zero-order valence-electron chi connectivity index (χ0n) is 11.1. The molecule has 0 aliphatic carbocycles. The maximum Gasteiger partial charge on any atom is 0.124 e. The van der Waals surface area contributed by atoms with E-state index in [0.29, 0.717) is 0 Å². The van der Waals surface area contributed by atoms with Gasteiger partial charge in [0.1, 0.15) is 5.75 Å². The van der Waals surface area contributed by atoms with E-state index in [4.69, 9.17) is 10.5 Å². The van der Waals surface area contributed by atoms with Gasteiger partial charge in [-0.15, -0.1) is 0 Å². The summed E-state index contributed by atoms with van der Waals surface area (Å²) in [5, 5.41) is 0. The predicted octanol–water partition coefficient (Wildman–Crippen LogP) is 4.06. The molecule has 0 aliphatic rings. The monoisotopic (exact) mass is 235 g/mol. The molecular weight excluding hydrogens is 210 g/mol. The molecule has 0 saturated heterocycles. The lowest BCUT2D eigenvalue weighted by Crippen LogP contribution is -2.08. The van der Waals surface area contributed by atoms with Crippen LogP contribution < -0.4 is 10.5 Å². The van der Waals surface area contributed by atoms with E-state index >= 15 is 0 Å². The quantitative estimate of drug-likeness (QED) is 0.690. The molecule has 1 atom stereocenters. The minimum Gasteiger partial charge on any atom is -0.493 e. The molecule has 0 bridgehead atoms. The van der Waals surface area contributed by atoms with E-state index in [0.717, 1.165) is 24.3 Å². The lowest BCUT2D eigenvalue weighted by molar-refractivity contribution is 0.300. The van der Waals surface area contributed by atoms with Crippen LogP contribution in [0.3, 0.4) is 0 Å². The Morgan fingerprint density at radius 1 is 1.12 bits per heavy atom. The van der Waals surface area contributed by atoms with E-state index in [-0.39, 0.29) is 6.04 Å². The number of hydrogen-bond donors (Lipinski definition) is 1. The van der Waals surface area contributed by atoms with E-state index in [1.54, 1.807) is 0 Å². The third-order valence-corrected chi connectivity index (χ3v) is 2.92. The van der Waals surface area contributed by atoms with Gasteiger partial charge in [-0.3, -0.25) is 0 Å². The SMILES string of the molecule is CCCCCCCOc1ccccc1[C@H](C)N. The Hall–Kier alpha value is -1.02. The van der Waals surface area contributed by atoms with Crippen molar-refractivity contribution in [2.75, 3.05) is 6.61 Å². The molecule has 0 heterocycles. The van der Waals surface area contributed by atoms with Crippen molar-refractivity contribution in [3.63, 3.8) is 0 Å². The summed E-state index contributed by atoms with van der Waals surface area (Å²) in [6.45, 7) is 5.02. The van der Waals surface area contributed by atoms with Crippen molar-refractivity contribution in [2.45, 2.75) is 52.0 Å². The summed E-state index contributed by atoms with van der Waals surface area (Å²) >= 11 is 0. The van der Waals surface area contributed by atoms with E-state index in [9.17, 15) is 0 Å². The Kier molecular flexibility index (Phi) is 6.71. The fraction of sp³-hybridized carbons (Fsp3) is 0.600. The van der Waals surface area contributed by atoms with Crippen LogP contribution in [-0.4, -0.2) is 6.61 Å². The van der Waals surface area contributed by atoms with Gasteiger partial charge < -0.3 is 10.5 Å². The van der Waals surface area contributed by atoms with Crippen molar-refractivity contribution in [3.8, 4) is 5.75 Å². The van der Waals surface area contributed by atoms with Gasteiger partial charge >= 0.3 is 0 Å². The molecular formula is C15H25NO. The molecule has 1 aromatic carbocycles. The maximum atomic E-state index is 5.90. The molecule has 1 aromatic rings. The Morgan fingerprint density at radius 3 is 2.53 bits per heavy atom. The first-order valence-electron chi connectivity index (χ1n) is 6.73. The Morgan fingerprint density at radius 2 is 1.82 bits per heavy atom. The second kappa shape index (κ2) is 8.13. The van der Waals surface area contributed by atoms with Crippen molar-refractivity contribution in [2.24, 2.45) is 5.73 Å². The first-order chi connectivity index (χ1) is 8.25. The van der Waals surface area contributed by atoms with Gasteiger partial charge in [0.25, 0.3) is 0 Å². The molecule has 0 fully saturated rings. The summed E-state index contributed by atoms with van der Waals surface area (Å²) < 4.78 is 5.80. The molecule has 2 N–H and O–H groups in total. The van der Waals surface area contributed by atoms with Crippen molar-refractivity contribution >= 4 is 0 Å². The van der Waals surface area contributed by atoms with Crippen molar-refractivity contribution in [3.05, 3.63) is 29.8 Å². The zero-order valence-corrected chi connectivity index (χ0v) is 11.1. The van der Waals surface area contributed by atoms with Crippen LogP contribution in [0.4, 0.5) is 0 Å². The summed E-state index contributed by atoms with van der Waals surface area (Å²) in [6.07, 6.45) is 6.32. The molecule has 2 heteroatoms. The molecule has 1 rings (SSSR count). The molecule has 0 saturated carbocycles. The first kappa shape index (κ1) is 14.0. The van der Waals surface area contributed by atoms with Crippen molar-refractivity contribution in [1.29, 1.82) is 0 Å². The minimum atomic E-state index is 0.0336. The maximum absolute atomic E-state index is 5.90. The highest BCUT2D eigenvalue weighted by Gasteiger charge is 2.06. The van der Waals surface area contributed by atoms with E-state index in [2.05, 4.69) is 6.92 Å². The second-order valence-corrected chi connectivity index (χ2v) is 4.59. The number of benzene rings is 1. The van der Waals surface area contributed by atoms with Crippen LogP contribution in [0.2, 0.25) is 0 Å². The number of ether oxygens (including phenoxy) is 1. The predicted molar refractivity (Wildman–Crippen MR) is 73.3 cm³/mol. The molecule has 0 aromatic heterocycles. The van der Waals surface area contributed by atoms with Crippen LogP contribution in [-0.2, 0) is 0 Å². The van der Waals surface area contributed by atoms with Gasteiger partial charge in [0.05, 0.1) is 6.61 Å². The molecule has 0 spiro atoms. The van der Waals surface area contributed by atoms with Gasteiger partial charge in [0, 0.05) is 11.6 Å². The number of para-hydroxylation sites is 1. The van der Waals surface area contributed by atoms with Crippen LogP contribution >= 0.6 is 0 Å². The average molecular weight is 235 g/mol. The molecule has 96 valence electrons. The number of hydrogen-bond acceptors (Lipinski definition) is 2. The van der Waals surface area contributed by atoms with Crippen LogP contribution in [0.25, 0.3) is 0 Å². The lowest BCUT2D eigenvalue weighted by atomic mass is 10.1. The lowest BCUT2D eigenvalue weighted by Gasteiger charge is -2.13. The molecule has 2 nitrogen and oxygen atoms in total. The third kappa shape index (κ3) is 5.22. The zero-order chi connectivity index (χ0) is 12.5. The van der Waals surface area contributed by atoms with Gasteiger partial charge in [0.15, 0.2) is 0 Å². The van der Waals surface area contributed by atoms with E-state index < -0.39 is 0 Å². The number of unbranched alkanes of at least 4 members (excludes halogenated alkanes) is 4. The Bertz CT molecular complexity index is 310. The third-order valence-electron chi connectivity index (χ3n) is 2.92. The highest BCUT2D eigenvalue weighted by atomic mass is 16.5.